The molecule has 0 amide bonds. The van der Waals surface area contributed by atoms with Gasteiger partial charge >= 0.3 is 5.97 Å². The molecule has 3 aromatic rings. The number of aromatic carboxylic acids is 1. The van der Waals surface area contributed by atoms with E-state index >= 15 is 0 Å². The molecule has 0 unspecified atom stereocenters. The summed E-state index contributed by atoms with van der Waals surface area (Å²) in [6.45, 7) is 5.94. The lowest BCUT2D eigenvalue weighted by atomic mass is 10.2. The summed E-state index contributed by atoms with van der Waals surface area (Å²) in [5.41, 5.74) is 1.30. The number of nitrogens with one attached hydrogen (secondary N) is 1. The van der Waals surface area contributed by atoms with Gasteiger partial charge < -0.3 is 15.3 Å². The van der Waals surface area contributed by atoms with E-state index in [-0.39, 0.29) is 17.0 Å². The lowest BCUT2D eigenvalue weighted by Gasteiger charge is -2.16. The fraction of sp³-hybridized carbons (Fsp3) is 0.333. The Morgan fingerprint density at radius 2 is 2.00 bits per heavy atom. The van der Waals surface area contributed by atoms with E-state index in [1.807, 2.05) is 24.8 Å². The van der Waals surface area contributed by atoms with E-state index < -0.39 is 11.9 Å². The van der Waals surface area contributed by atoms with Gasteiger partial charge in [-0.25, -0.2) is 14.8 Å². The quantitative estimate of drug-likeness (QED) is 0.550. The number of aromatic nitrogens is 3. The number of carbonyl (C=O) groups is 1. The summed E-state index contributed by atoms with van der Waals surface area (Å²) < 4.78 is 14.6. The van der Waals surface area contributed by atoms with Crippen LogP contribution in [0, 0.1) is 5.95 Å². The minimum Gasteiger partial charge on any atom is -0.477 e. The normalized spacial score (nSPS) is 13.0. The Morgan fingerprint density at radius 3 is 2.63 bits per heavy atom. The molecule has 0 bridgehead atoms. The Hall–Kier alpha value is -3.07. The summed E-state index contributed by atoms with van der Waals surface area (Å²) in [5, 5.41) is 12.9. The van der Waals surface area contributed by atoms with Crippen molar-refractivity contribution in [2.24, 2.45) is 0 Å². The maximum atomic E-state index is 14.6. The van der Waals surface area contributed by atoms with Crippen LogP contribution in [0.25, 0.3) is 10.6 Å². The van der Waals surface area contributed by atoms with Gasteiger partial charge in [0.25, 0.3) is 0 Å². The Kier molecular flexibility index (Phi) is 7.29. The number of carboxylic acids is 1. The van der Waals surface area contributed by atoms with Gasteiger partial charge in [0.2, 0.25) is 5.95 Å². The van der Waals surface area contributed by atoms with Gasteiger partial charge in [-0.1, -0.05) is 13.8 Å². The molecule has 0 saturated carbocycles. The smallest absolute Gasteiger partial charge is 0.347 e. The third-order valence-corrected chi connectivity index (χ3v) is 5.63. The van der Waals surface area contributed by atoms with Gasteiger partial charge in [0, 0.05) is 25.5 Å². The first-order chi connectivity index (χ1) is 14.6. The molecule has 4 heterocycles. The second-order valence-electron chi connectivity index (χ2n) is 6.40. The Balaban J connectivity index is 0.00000124. The Bertz CT molecular complexity index is 990. The molecule has 9 heteroatoms. The van der Waals surface area contributed by atoms with Crippen LogP contribution < -0.4 is 10.2 Å². The number of thiazole rings is 1. The topological polar surface area (TPSA) is 91.2 Å². The van der Waals surface area contributed by atoms with Crippen molar-refractivity contribution < 1.29 is 14.3 Å². The summed E-state index contributed by atoms with van der Waals surface area (Å²) in [6.07, 6.45) is 5.43. The zero-order chi connectivity index (χ0) is 21.5. The van der Waals surface area contributed by atoms with E-state index in [0.29, 0.717) is 16.5 Å². The van der Waals surface area contributed by atoms with E-state index in [1.54, 1.807) is 30.6 Å². The second kappa shape index (κ2) is 10.1. The van der Waals surface area contributed by atoms with Crippen molar-refractivity contribution in [2.45, 2.75) is 33.2 Å². The highest BCUT2D eigenvalue weighted by Crippen LogP contribution is 2.31. The first-order valence-corrected chi connectivity index (χ1v) is 10.7. The molecule has 158 valence electrons. The number of hydrogen-bond acceptors (Lipinski definition) is 7. The highest BCUT2D eigenvalue weighted by atomic mass is 32.1. The molecule has 7 nitrogen and oxygen atoms in total. The van der Waals surface area contributed by atoms with Crippen molar-refractivity contribution in [1.82, 2.24) is 15.0 Å². The first kappa shape index (κ1) is 21.6. The van der Waals surface area contributed by atoms with Crippen molar-refractivity contribution in [3.63, 3.8) is 0 Å². The lowest BCUT2D eigenvalue weighted by molar-refractivity contribution is 0.0701. The fourth-order valence-corrected chi connectivity index (χ4v) is 4.05. The highest BCUT2D eigenvalue weighted by Gasteiger charge is 2.22. The molecule has 0 spiro atoms. The molecular weight excluding hydrogens is 405 g/mol. The zero-order valence-corrected chi connectivity index (χ0v) is 17.7. The highest BCUT2D eigenvalue weighted by molar-refractivity contribution is 7.17. The van der Waals surface area contributed by atoms with Crippen molar-refractivity contribution in [3.05, 3.63) is 53.2 Å². The third kappa shape index (κ3) is 4.91. The predicted molar refractivity (Wildman–Crippen MR) is 117 cm³/mol. The van der Waals surface area contributed by atoms with Crippen LogP contribution in [-0.4, -0.2) is 39.1 Å². The van der Waals surface area contributed by atoms with Gasteiger partial charge in [0.1, 0.15) is 15.7 Å². The molecule has 4 rings (SSSR count). The molecule has 2 N–H and O–H groups in total. The minimum absolute atomic E-state index is 0.0782. The van der Waals surface area contributed by atoms with Gasteiger partial charge in [0.05, 0.1) is 23.5 Å². The molecule has 0 radical (unpaired) electrons. The van der Waals surface area contributed by atoms with Gasteiger partial charge in [-0.2, -0.15) is 4.39 Å². The Labute approximate surface area is 178 Å². The SMILES string of the molecule is CC.O=C(O)c1sc(-c2ccc(N3CCCC3)nc2F)nc1CNc1cccnc1. The van der Waals surface area contributed by atoms with E-state index in [0.717, 1.165) is 43.0 Å². The number of pyridine rings is 2. The second-order valence-corrected chi connectivity index (χ2v) is 7.40. The largest absolute Gasteiger partial charge is 0.477 e. The van der Waals surface area contributed by atoms with Crippen LogP contribution in [-0.2, 0) is 6.54 Å². The van der Waals surface area contributed by atoms with E-state index in [2.05, 4.69) is 20.3 Å². The molecule has 30 heavy (non-hydrogen) atoms. The van der Waals surface area contributed by atoms with E-state index in [1.165, 1.54) is 0 Å². The standard InChI is InChI=1S/C19H18FN5O2S.C2H6/c20-17-13(5-6-15(24-17)25-8-1-2-9-25)18-23-14(16(28-18)19(26)27)11-22-12-4-3-7-21-10-12;1-2/h3-7,10,22H,1-2,8-9,11H2,(H,26,27);1-2H3. The van der Waals surface area contributed by atoms with Gasteiger partial charge in [0.15, 0.2) is 0 Å². The molecule has 0 aromatic carbocycles. The maximum Gasteiger partial charge on any atom is 0.347 e. The summed E-state index contributed by atoms with van der Waals surface area (Å²) in [5.74, 6) is -1.12. The Morgan fingerprint density at radius 1 is 1.23 bits per heavy atom. The molecule has 3 aromatic heterocycles. The lowest BCUT2D eigenvalue weighted by Crippen LogP contribution is -2.19. The molecule has 0 aliphatic carbocycles. The van der Waals surface area contributed by atoms with Crippen LogP contribution in [0.5, 0.6) is 0 Å². The molecule has 1 aliphatic rings. The predicted octanol–water partition coefficient (Wildman–Crippen LogP) is 4.68. The zero-order valence-electron chi connectivity index (χ0n) is 16.9. The summed E-state index contributed by atoms with van der Waals surface area (Å²) >= 11 is 0.948. The van der Waals surface area contributed by atoms with E-state index in [9.17, 15) is 14.3 Å². The van der Waals surface area contributed by atoms with Crippen LogP contribution in [0.3, 0.4) is 0 Å². The minimum atomic E-state index is -1.09. The number of nitrogens with zero attached hydrogens (tertiary/aromatic N) is 4. The molecule has 1 fully saturated rings. The first-order valence-electron chi connectivity index (χ1n) is 9.90. The van der Waals surface area contributed by atoms with Gasteiger partial charge in [-0.15, -0.1) is 11.3 Å². The molecular formula is C21H24FN5O2S. The van der Waals surface area contributed by atoms with E-state index in [4.69, 9.17) is 0 Å². The van der Waals surface area contributed by atoms with Gasteiger partial charge in [-0.3, -0.25) is 4.98 Å². The monoisotopic (exact) mass is 429 g/mol. The van der Waals surface area contributed by atoms with Crippen molar-refractivity contribution >= 4 is 28.8 Å². The summed E-state index contributed by atoms with van der Waals surface area (Å²) in [4.78, 5) is 26.2. The van der Waals surface area contributed by atoms with Crippen LogP contribution in [0.2, 0.25) is 0 Å². The number of anilines is 2. The molecule has 0 atom stereocenters. The van der Waals surface area contributed by atoms with Crippen LogP contribution in [0.1, 0.15) is 42.1 Å². The number of carboxylic acid groups (broad SMARTS) is 1. The van der Waals surface area contributed by atoms with Crippen LogP contribution in [0.15, 0.2) is 36.7 Å². The molecule has 1 saturated heterocycles. The average molecular weight is 430 g/mol. The molecule has 1 aliphatic heterocycles. The van der Waals surface area contributed by atoms with Crippen LogP contribution in [0.4, 0.5) is 15.9 Å². The van der Waals surface area contributed by atoms with Crippen molar-refractivity contribution in [1.29, 1.82) is 0 Å². The number of rotatable bonds is 6. The third-order valence-electron chi connectivity index (χ3n) is 4.51. The fourth-order valence-electron chi connectivity index (χ4n) is 3.11. The average Bonchev–Trinajstić information content (AvgIpc) is 3.45. The van der Waals surface area contributed by atoms with Crippen molar-refractivity contribution in [2.75, 3.05) is 23.3 Å². The summed E-state index contributed by atoms with van der Waals surface area (Å²) in [7, 11) is 0. The number of halogens is 1. The summed E-state index contributed by atoms with van der Waals surface area (Å²) in [6, 6.07) is 6.98. The van der Waals surface area contributed by atoms with Crippen LogP contribution >= 0.6 is 11.3 Å². The number of hydrogen-bond donors (Lipinski definition) is 2. The maximum absolute atomic E-state index is 14.6. The van der Waals surface area contributed by atoms with Gasteiger partial charge in [-0.05, 0) is 37.1 Å². The van der Waals surface area contributed by atoms with Crippen molar-refractivity contribution in [3.8, 4) is 10.6 Å².